The number of ketones is 1. The molecule has 0 aromatic heterocycles. The summed E-state index contributed by atoms with van der Waals surface area (Å²) in [4.78, 5) is 23.5. The van der Waals surface area contributed by atoms with Gasteiger partial charge in [-0.05, 0) is 17.7 Å². The van der Waals surface area contributed by atoms with Gasteiger partial charge in [-0.2, -0.15) is 0 Å². The smallest absolute Gasteiger partial charge is 0.304 e. The Kier molecular flexibility index (Phi) is 4.53. The van der Waals surface area contributed by atoms with Crippen molar-refractivity contribution < 1.29 is 14.7 Å². The van der Waals surface area contributed by atoms with Crippen molar-refractivity contribution in [3.8, 4) is 0 Å². The Labute approximate surface area is 121 Å². The number of aliphatic carboxylic acids is 1. The van der Waals surface area contributed by atoms with Gasteiger partial charge in [-0.25, -0.2) is 0 Å². The van der Waals surface area contributed by atoms with Crippen LogP contribution in [0.25, 0.3) is 0 Å². The lowest BCUT2D eigenvalue weighted by Gasteiger charge is -2.14. The molecule has 20 heavy (non-hydrogen) atoms. The molecule has 0 aliphatic rings. The van der Waals surface area contributed by atoms with E-state index < -0.39 is 11.9 Å². The Morgan fingerprint density at radius 3 is 2.15 bits per heavy atom. The van der Waals surface area contributed by atoms with Crippen LogP contribution in [-0.4, -0.2) is 16.9 Å². The molecule has 3 nitrogen and oxygen atoms in total. The second-order valence-electron chi connectivity index (χ2n) is 4.43. The van der Waals surface area contributed by atoms with Gasteiger partial charge in [-0.3, -0.25) is 9.59 Å². The first-order valence-electron chi connectivity index (χ1n) is 6.14. The highest BCUT2D eigenvalue weighted by molar-refractivity contribution is 6.30. The lowest BCUT2D eigenvalue weighted by Crippen LogP contribution is -2.16. The van der Waals surface area contributed by atoms with Crippen LogP contribution >= 0.6 is 11.6 Å². The quantitative estimate of drug-likeness (QED) is 0.852. The van der Waals surface area contributed by atoms with Crippen molar-refractivity contribution in [2.75, 3.05) is 0 Å². The summed E-state index contributed by atoms with van der Waals surface area (Å²) in [5.74, 6) is -1.91. The van der Waals surface area contributed by atoms with E-state index in [1.54, 1.807) is 48.5 Å². The van der Waals surface area contributed by atoms with E-state index >= 15 is 0 Å². The first-order valence-corrected chi connectivity index (χ1v) is 6.52. The maximum atomic E-state index is 12.5. The van der Waals surface area contributed by atoms with Crippen LogP contribution in [0.3, 0.4) is 0 Å². The van der Waals surface area contributed by atoms with Crippen molar-refractivity contribution in [2.24, 2.45) is 0 Å². The summed E-state index contributed by atoms with van der Waals surface area (Å²) >= 11 is 5.82. The first-order chi connectivity index (χ1) is 9.58. The molecule has 0 amide bonds. The third-order valence-corrected chi connectivity index (χ3v) is 3.28. The molecule has 0 saturated carbocycles. The van der Waals surface area contributed by atoms with Crippen molar-refractivity contribution in [3.05, 3.63) is 70.7 Å². The molecule has 2 rings (SSSR count). The van der Waals surface area contributed by atoms with E-state index in [0.717, 1.165) is 0 Å². The molecule has 0 radical (unpaired) electrons. The van der Waals surface area contributed by atoms with E-state index in [9.17, 15) is 9.59 Å². The minimum Gasteiger partial charge on any atom is -0.481 e. The average Bonchev–Trinajstić information content (AvgIpc) is 2.46. The summed E-state index contributed by atoms with van der Waals surface area (Å²) < 4.78 is 0. The van der Waals surface area contributed by atoms with Gasteiger partial charge < -0.3 is 5.11 Å². The first kappa shape index (κ1) is 14.3. The van der Waals surface area contributed by atoms with Crippen molar-refractivity contribution in [1.29, 1.82) is 0 Å². The zero-order valence-electron chi connectivity index (χ0n) is 10.6. The summed E-state index contributed by atoms with van der Waals surface area (Å²) in [6.45, 7) is 0. The topological polar surface area (TPSA) is 54.4 Å². The van der Waals surface area contributed by atoms with E-state index in [0.29, 0.717) is 16.1 Å². The molecule has 0 fully saturated rings. The highest BCUT2D eigenvalue weighted by atomic mass is 35.5. The van der Waals surface area contributed by atoms with Gasteiger partial charge >= 0.3 is 5.97 Å². The highest BCUT2D eigenvalue weighted by Crippen LogP contribution is 2.25. The third-order valence-electron chi connectivity index (χ3n) is 3.03. The minimum absolute atomic E-state index is 0.199. The normalized spacial score (nSPS) is 11.8. The van der Waals surface area contributed by atoms with Gasteiger partial charge in [-0.1, -0.05) is 54.1 Å². The number of carboxylic acid groups (broad SMARTS) is 1. The van der Waals surface area contributed by atoms with Gasteiger partial charge in [0.1, 0.15) is 0 Å². The molecule has 0 aliphatic carbocycles. The fraction of sp³-hybridized carbons (Fsp3) is 0.125. The maximum absolute atomic E-state index is 12.5. The van der Waals surface area contributed by atoms with Gasteiger partial charge in [0.2, 0.25) is 0 Å². The average molecular weight is 289 g/mol. The minimum atomic E-state index is -1.01. The Morgan fingerprint density at radius 2 is 1.60 bits per heavy atom. The molecule has 102 valence electrons. The molecule has 0 heterocycles. The van der Waals surface area contributed by atoms with Crippen molar-refractivity contribution in [1.82, 2.24) is 0 Å². The number of hydrogen-bond donors (Lipinski definition) is 1. The largest absolute Gasteiger partial charge is 0.481 e. The SMILES string of the molecule is O=C(O)C[C@H](C(=O)c1ccccc1)c1ccc(Cl)cc1. The van der Waals surface area contributed by atoms with Crippen LogP contribution in [-0.2, 0) is 4.79 Å². The Hall–Kier alpha value is -2.13. The highest BCUT2D eigenvalue weighted by Gasteiger charge is 2.24. The molecule has 4 heteroatoms. The van der Waals surface area contributed by atoms with Gasteiger partial charge in [-0.15, -0.1) is 0 Å². The molecule has 0 bridgehead atoms. The monoisotopic (exact) mass is 288 g/mol. The van der Waals surface area contributed by atoms with E-state index in [-0.39, 0.29) is 12.2 Å². The zero-order valence-corrected chi connectivity index (χ0v) is 11.4. The Bertz CT molecular complexity index is 605. The molecule has 1 atom stereocenters. The fourth-order valence-corrected chi connectivity index (χ4v) is 2.16. The molecular weight excluding hydrogens is 276 g/mol. The number of carbonyl (C=O) groups is 2. The van der Waals surface area contributed by atoms with Crippen LogP contribution in [0.5, 0.6) is 0 Å². The van der Waals surface area contributed by atoms with Gasteiger partial charge in [0, 0.05) is 10.6 Å². The molecule has 0 unspecified atom stereocenters. The number of rotatable bonds is 5. The van der Waals surface area contributed by atoms with Gasteiger partial charge in [0.05, 0.1) is 12.3 Å². The number of benzene rings is 2. The predicted molar refractivity (Wildman–Crippen MR) is 77.2 cm³/mol. The second-order valence-corrected chi connectivity index (χ2v) is 4.87. The summed E-state index contributed by atoms with van der Waals surface area (Å²) in [5.41, 5.74) is 1.17. The van der Waals surface area contributed by atoms with Gasteiger partial charge in [0.25, 0.3) is 0 Å². The number of carboxylic acids is 1. The fourth-order valence-electron chi connectivity index (χ4n) is 2.04. The molecule has 0 spiro atoms. The van der Waals surface area contributed by atoms with Crippen molar-refractivity contribution in [2.45, 2.75) is 12.3 Å². The van der Waals surface area contributed by atoms with E-state index in [1.165, 1.54) is 0 Å². The maximum Gasteiger partial charge on any atom is 0.304 e. The molecular formula is C16H13ClO3. The number of halogens is 1. The van der Waals surface area contributed by atoms with Crippen LogP contribution in [0.1, 0.15) is 28.3 Å². The van der Waals surface area contributed by atoms with E-state index in [4.69, 9.17) is 16.7 Å². The third kappa shape index (κ3) is 3.45. The van der Waals surface area contributed by atoms with Crippen LogP contribution in [0.4, 0.5) is 0 Å². The second kappa shape index (κ2) is 6.35. The van der Waals surface area contributed by atoms with Gasteiger partial charge in [0.15, 0.2) is 5.78 Å². The molecule has 0 aliphatic heterocycles. The lowest BCUT2D eigenvalue weighted by atomic mass is 9.88. The molecule has 2 aromatic carbocycles. The van der Waals surface area contributed by atoms with Crippen LogP contribution < -0.4 is 0 Å². The van der Waals surface area contributed by atoms with Crippen molar-refractivity contribution >= 4 is 23.4 Å². The summed E-state index contributed by atoms with van der Waals surface area (Å²) in [6.07, 6.45) is -0.241. The summed E-state index contributed by atoms with van der Waals surface area (Å²) in [6, 6.07) is 15.4. The standard InChI is InChI=1S/C16H13ClO3/c17-13-8-6-11(7-9-13)14(10-15(18)19)16(20)12-4-2-1-3-5-12/h1-9,14H,10H2,(H,18,19)/t14-/m0/s1. The predicted octanol–water partition coefficient (Wildman–Crippen LogP) is 3.78. The summed E-state index contributed by atoms with van der Waals surface area (Å²) in [5, 5.41) is 9.57. The Balaban J connectivity index is 2.35. The Morgan fingerprint density at radius 1 is 1.00 bits per heavy atom. The summed E-state index contributed by atoms with van der Waals surface area (Å²) in [7, 11) is 0. The van der Waals surface area contributed by atoms with Crippen LogP contribution in [0.2, 0.25) is 5.02 Å². The van der Waals surface area contributed by atoms with Crippen LogP contribution in [0, 0.1) is 0 Å². The number of carbonyl (C=O) groups excluding carboxylic acids is 1. The zero-order chi connectivity index (χ0) is 14.5. The lowest BCUT2D eigenvalue weighted by molar-refractivity contribution is -0.137. The van der Waals surface area contributed by atoms with E-state index in [2.05, 4.69) is 0 Å². The molecule has 0 saturated heterocycles. The number of hydrogen-bond acceptors (Lipinski definition) is 2. The van der Waals surface area contributed by atoms with Crippen LogP contribution in [0.15, 0.2) is 54.6 Å². The molecule has 2 aromatic rings. The molecule has 1 N–H and O–H groups in total. The van der Waals surface area contributed by atoms with Crippen molar-refractivity contribution in [3.63, 3.8) is 0 Å². The number of Topliss-reactive ketones (excluding diaryl/α,β-unsaturated/α-hetero) is 1. The van der Waals surface area contributed by atoms with E-state index in [1.807, 2.05) is 6.07 Å².